The number of hydrogen-bond acceptors (Lipinski definition) is 5. The van der Waals surface area contributed by atoms with E-state index in [1.165, 1.54) is 6.92 Å². The van der Waals surface area contributed by atoms with Gasteiger partial charge in [0.25, 0.3) is 0 Å². The average Bonchev–Trinajstić information content (AvgIpc) is 2.68. The molecular formula is C22H25NO5. The maximum Gasteiger partial charge on any atom is 0.338 e. The summed E-state index contributed by atoms with van der Waals surface area (Å²) in [6.07, 6.45) is 0.276. The number of esters is 1. The predicted molar refractivity (Wildman–Crippen MR) is 106 cm³/mol. The Labute approximate surface area is 164 Å². The highest BCUT2D eigenvalue weighted by Gasteiger charge is 2.20. The minimum atomic E-state index is -0.931. The van der Waals surface area contributed by atoms with Gasteiger partial charge in [-0.05, 0) is 55.3 Å². The normalized spacial score (nSPS) is 11.5. The molecule has 2 aromatic rings. The van der Waals surface area contributed by atoms with Crippen LogP contribution >= 0.6 is 0 Å². The number of ketones is 1. The summed E-state index contributed by atoms with van der Waals surface area (Å²) in [6, 6.07) is 13.4. The Morgan fingerprint density at radius 3 is 2.39 bits per heavy atom. The van der Waals surface area contributed by atoms with Gasteiger partial charge in [-0.1, -0.05) is 19.1 Å². The molecule has 0 aliphatic heterocycles. The summed E-state index contributed by atoms with van der Waals surface area (Å²) < 4.78 is 10.4. The first kappa shape index (κ1) is 21.3. The van der Waals surface area contributed by atoms with Crippen molar-refractivity contribution in [2.45, 2.75) is 39.4 Å². The first-order valence-corrected chi connectivity index (χ1v) is 9.17. The maximum atomic E-state index is 12.5. The van der Waals surface area contributed by atoms with Crippen molar-refractivity contribution in [1.29, 1.82) is 0 Å². The van der Waals surface area contributed by atoms with Crippen molar-refractivity contribution in [3.8, 4) is 0 Å². The van der Waals surface area contributed by atoms with Gasteiger partial charge in [0.15, 0.2) is 6.10 Å². The number of anilines is 1. The van der Waals surface area contributed by atoms with Gasteiger partial charge in [0, 0.05) is 24.8 Å². The number of ether oxygens (including phenoxy) is 2. The summed E-state index contributed by atoms with van der Waals surface area (Å²) >= 11 is 0. The molecule has 0 saturated carbocycles. The molecule has 2 aromatic carbocycles. The Morgan fingerprint density at radius 2 is 1.75 bits per heavy atom. The molecule has 0 radical (unpaired) electrons. The van der Waals surface area contributed by atoms with Gasteiger partial charge in [-0.2, -0.15) is 0 Å². The molecule has 0 saturated heterocycles. The van der Waals surface area contributed by atoms with E-state index in [1.54, 1.807) is 49.6 Å². The van der Waals surface area contributed by atoms with Crippen molar-refractivity contribution in [3.63, 3.8) is 0 Å². The van der Waals surface area contributed by atoms with E-state index in [1.807, 2.05) is 13.0 Å². The maximum absolute atomic E-state index is 12.5. The number of amides is 1. The fraction of sp³-hybridized carbons (Fsp3) is 0.318. The largest absolute Gasteiger partial charge is 0.451 e. The van der Waals surface area contributed by atoms with Gasteiger partial charge >= 0.3 is 5.97 Å². The predicted octanol–water partition coefficient (Wildman–Crippen LogP) is 4.00. The lowest BCUT2D eigenvalue weighted by Gasteiger charge is -2.13. The smallest absolute Gasteiger partial charge is 0.338 e. The van der Waals surface area contributed by atoms with Crippen molar-refractivity contribution in [1.82, 2.24) is 0 Å². The van der Waals surface area contributed by atoms with Crippen molar-refractivity contribution in [3.05, 3.63) is 65.2 Å². The molecular weight excluding hydrogens is 358 g/mol. The number of rotatable bonds is 9. The van der Waals surface area contributed by atoms with Crippen LogP contribution in [0.4, 0.5) is 5.69 Å². The molecule has 6 nitrogen and oxygen atoms in total. The molecule has 1 N–H and O–H groups in total. The minimum Gasteiger partial charge on any atom is -0.451 e. The van der Waals surface area contributed by atoms with Crippen LogP contribution in [-0.2, 0) is 20.9 Å². The molecule has 1 unspecified atom stereocenters. The Morgan fingerprint density at radius 1 is 1.04 bits per heavy atom. The van der Waals surface area contributed by atoms with Crippen LogP contribution in [0.1, 0.15) is 53.0 Å². The molecule has 0 heterocycles. The van der Waals surface area contributed by atoms with E-state index in [4.69, 9.17) is 9.47 Å². The molecule has 0 bridgehead atoms. The standard InChI is InChI=1S/C22H25NO5/c1-4-6-20(24)23-19-11-9-17(10-12-19)21(25)15(2)28-22(26)18-8-5-7-16(13-18)14-27-3/h5,7-13,15H,4,6,14H2,1-3H3,(H,23,24). The van der Waals surface area contributed by atoms with E-state index in [9.17, 15) is 14.4 Å². The van der Waals surface area contributed by atoms with Gasteiger partial charge in [-0.3, -0.25) is 9.59 Å². The van der Waals surface area contributed by atoms with Gasteiger partial charge in [0.1, 0.15) is 0 Å². The molecule has 0 spiro atoms. The van der Waals surface area contributed by atoms with Crippen molar-refractivity contribution in [2.75, 3.05) is 12.4 Å². The molecule has 1 atom stereocenters. The molecule has 0 fully saturated rings. The molecule has 0 aliphatic carbocycles. The zero-order valence-electron chi connectivity index (χ0n) is 16.4. The van der Waals surface area contributed by atoms with Gasteiger partial charge < -0.3 is 14.8 Å². The molecule has 28 heavy (non-hydrogen) atoms. The van der Waals surface area contributed by atoms with Crippen LogP contribution in [0.15, 0.2) is 48.5 Å². The van der Waals surface area contributed by atoms with E-state index < -0.39 is 12.1 Å². The summed E-state index contributed by atoms with van der Waals surface area (Å²) in [6.45, 7) is 3.85. The average molecular weight is 383 g/mol. The molecule has 1 amide bonds. The Hall–Kier alpha value is -2.99. The monoisotopic (exact) mass is 383 g/mol. The quantitative estimate of drug-likeness (QED) is 0.523. The second-order valence-corrected chi connectivity index (χ2v) is 6.42. The summed E-state index contributed by atoms with van der Waals surface area (Å²) in [5, 5.41) is 2.76. The first-order chi connectivity index (χ1) is 13.4. The third-order valence-corrected chi connectivity index (χ3v) is 4.06. The van der Waals surface area contributed by atoms with E-state index in [-0.39, 0.29) is 11.7 Å². The van der Waals surface area contributed by atoms with Crippen molar-refractivity contribution < 1.29 is 23.9 Å². The number of hydrogen-bond donors (Lipinski definition) is 1. The zero-order valence-corrected chi connectivity index (χ0v) is 16.4. The Kier molecular flexibility index (Phi) is 7.89. The van der Waals surface area contributed by atoms with Crippen molar-refractivity contribution >= 4 is 23.3 Å². The fourth-order valence-electron chi connectivity index (χ4n) is 2.64. The fourth-order valence-corrected chi connectivity index (χ4v) is 2.64. The van der Waals surface area contributed by atoms with Gasteiger partial charge in [0.2, 0.25) is 11.7 Å². The highest BCUT2D eigenvalue weighted by atomic mass is 16.5. The molecule has 0 aliphatic rings. The molecule has 148 valence electrons. The van der Waals surface area contributed by atoms with E-state index in [2.05, 4.69) is 5.32 Å². The first-order valence-electron chi connectivity index (χ1n) is 9.17. The summed E-state index contributed by atoms with van der Waals surface area (Å²) in [4.78, 5) is 36.5. The van der Waals surface area contributed by atoms with Gasteiger partial charge in [-0.15, -0.1) is 0 Å². The Balaban J connectivity index is 1.99. The number of methoxy groups -OCH3 is 1. The van der Waals surface area contributed by atoms with Crippen LogP contribution in [0.2, 0.25) is 0 Å². The summed E-state index contributed by atoms with van der Waals surface area (Å²) in [5.41, 5.74) is 2.23. The van der Waals surface area contributed by atoms with Crippen LogP contribution < -0.4 is 5.32 Å². The lowest BCUT2D eigenvalue weighted by atomic mass is 10.1. The Bertz CT molecular complexity index is 829. The topological polar surface area (TPSA) is 81.7 Å². The zero-order chi connectivity index (χ0) is 20.5. The van der Waals surface area contributed by atoms with Crippen LogP contribution in [-0.4, -0.2) is 30.9 Å². The van der Waals surface area contributed by atoms with Gasteiger partial charge in [0.05, 0.1) is 12.2 Å². The van der Waals surface area contributed by atoms with Gasteiger partial charge in [-0.25, -0.2) is 4.79 Å². The summed E-state index contributed by atoms with van der Waals surface area (Å²) in [5.74, 6) is -0.949. The second-order valence-electron chi connectivity index (χ2n) is 6.42. The SMILES string of the molecule is CCCC(=O)Nc1ccc(C(=O)C(C)OC(=O)c2cccc(COC)c2)cc1. The highest BCUT2D eigenvalue weighted by Crippen LogP contribution is 2.15. The van der Waals surface area contributed by atoms with Crippen LogP contribution in [0.3, 0.4) is 0 Å². The summed E-state index contributed by atoms with van der Waals surface area (Å²) in [7, 11) is 1.58. The van der Waals surface area contributed by atoms with E-state index in [0.717, 1.165) is 12.0 Å². The lowest BCUT2D eigenvalue weighted by molar-refractivity contribution is -0.116. The van der Waals surface area contributed by atoms with Crippen molar-refractivity contribution in [2.24, 2.45) is 0 Å². The number of Topliss-reactive ketones (excluding diaryl/α,β-unsaturated/α-hetero) is 1. The molecule has 6 heteroatoms. The van der Waals surface area contributed by atoms with Crippen LogP contribution in [0.5, 0.6) is 0 Å². The number of benzene rings is 2. The third-order valence-electron chi connectivity index (χ3n) is 4.06. The molecule has 0 aromatic heterocycles. The van der Waals surface area contributed by atoms with Crippen LogP contribution in [0, 0.1) is 0 Å². The highest BCUT2D eigenvalue weighted by molar-refractivity contribution is 6.02. The number of carbonyl (C=O) groups excluding carboxylic acids is 3. The molecule has 2 rings (SSSR count). The minimum absolute atomic E-state index is 0.0698. The third kappa shape index (κ3) is 6.03. The second kappa shape index (κ2) is 10.4. The van der Waals surface area contributed by atoms with E-state index in [0.29, 0.717) is 29.8 Å². The van der Waals surface area contributed by atoms with E-state index >= 15 is 0 Å². The lowest BCUT2D eigenvalue weighted by Crippen LogP contribution is -2.24. The number of nitrogens with one attached hydrogen (secondary N) is 1. The number of carbonyl (C=O) groups is 3. The van der Waals surface area contributed by atoms with Crippen LogP contribution in [0.25, 0.3) is 0 Å².